The molecule has 26 heavy (non-hydrogen) atoms. The molecule has 1 aromatic heterocycles. The number of nitrogens with zero attached hydrogens (tertiary/aromatic N) is 2. The smallest absolute Gasteiger partial charge is 0.268 e. The van der Waals surface area contributed by atoms with E-state index in [1.807, 2.05) is 24.3 Å². The predicted octanol–water partition coefficient (Wildman–Crippen LogP) is 2.92. The summed E-state index contributed by atoms with van der Waals surface area (Å²) in [6.45, 7) is 1.77. The summed E-state index contributed by atoms with van der Waals surface area (Å²) in [4.78, 5) is 2.50. The van der Waals surface area contributed by atoms with E-state index in [-0.39, 0.29) is 4.90 Å². The number of rotatable bonds is 3. The highest BCUT2D eigenvalue weighted by molar-refractivity contribution is 7.90. The summed E-state index contributed by atoms with van der Waals surface area (Å²) in [5.74, 6) is 0.536. The highest BCUT2D eigenvalue weighted by Crippen LogP contribution is 2.33. The fourth-order valence-corrected chi connectivity index (χ4v) is 5.35. The number of benzene rings is 2. The first-order chi connectivity index (χ1) is 12.5. The van der Waals surface area contributed by atoms with Crippen molar-refractivity contribution in [2.45, 2.75) is 17.7 Å². The zero-order chi connectivity index (χ0) is 18.3. The zero-order valence-electron chi connectivity index (χ0n) is 15.0. The summed E-state index contributed by atoms with van der Waals surface area (Å²) in [7, 11) is -0.0932. The minimum Gasteiger partial charge on any atom is -0.497 e. The summed E-state index contributed by atoms with van der Waals surface area (Å²) >= 11 is 0. The number of para-hydroxylation sites is 1. The van der Waals surface area contributed by atoms with Gasteiger partial charge in [-0.3, -0.25) is 0 Å². The third-order valence-electron chi connectivity index (χ3n) is 5.09. The van der Waals surface area contributed by atoms with E-state index < -0.39 is 10.0 Å². The maximum atomic E-state index is 13.5. The van der Waals surface area contributed by atoms with Crippen LogP contribution in [0, 0.1) is 0 Å². The number of likely N-dealkylation sites (N-methyl/N-ethyl adjacent to an activating group) is 1. The standard InChI is InChI=1S/C20H22N2O3S/c1-21-12-10-18-17-8-3-4-9-19(17)22(20(18)11-13-21)26(23,24)16-7-5-6-15(14-16)25-2/h3-9,14H,10-13H2,1-2H3. The Balaban J connectivity index is 1.99. The molecule has 136 valence electrons. The Labute approximate surface area is 153 Å². The summed E-state index contributed by atoms with van der Waals surface area (Å²) in [5, 5.41) is 1.03. The third-order valence-corrected chi connectivity index (χ3v) is 6.84. The molecule has 1 aliphatic heterocycles. The molecule has 3 aromatic rings. The van der Waals surface area contributed by atoms with E-state index in [2.05, 4.69) is 11.9 Å². The van der Waals surface area contributed by atoms with Gasteiger partial charge in [-0.1, -0.05) is 24.3 Å². The molecular weight excluding hydrogens is 348 g/mol. The van der Waals surface area contributed by atoms with Crippen molar-refractivity contribution >= 4 is 20.9 Å². The quantitative estimate of drug-likeness (QED) is 0.711. The van der Waals surface area contributed by atoms with Crippen molar-refractivity contribution in [3.63, 3.8) is 0 Å². The van der Waals surface area contributed by atoms with Crippen LogP contribution in [-0.2, 0) is 22.9 Å². The van der Waals surface area contributed by atoms with E-state index in [9.17, 15) is 8.42 Å². The van der Waals surface area contributed by atoms with Crippen molar-refractivity contribution in [1.82, 2.24) is 8.87 Å². The van der Waals surface area contributed by atoms with Crippen LogP contribution in [0.5, 0.6) is 5.75 Å². The van der Waals surface area contributed by atoms with Crippen LogP contribution in [0.3, 0.4) is 0 Å². The molecule has 0 spiro atoms. The minimum absolute atomic E-state index is 0.248. The van der Waals surface area contributed by atoms with Gasteiger partial charge in [-0.25, -0.2) is 12.4 Å². The van der Waals surface area contributed by atoms with Gasteiger partial charge in [0.25, 0.3) is 10.0 Å². The fraction of sp³-hybridized carbons (Fsp3) is 0.300. The predicted molar refractivity (Wildman–Crippen MR) is 102 cm³/mol. The van der Waals surface area contributed by atoms with E-state index in [0.717, 1.165) is 41.7 Å². The summed E-state index contributed by atoms with van der Waals surface area (Å²) in [6.07, 6.45) is 1.57. The van der Waals surface area contributed by atoms with Crippen LogP contribution in [0.4, 0.5) is 0 Å². The lowest BCUT2D eigenvalue weighted by Crippen LogP contribution is -2.22. The van der Waals surface area contributed by atoms with E-state index in [1.165, 1.54) is 0 Å². The molecule has 2 aromatic carbocycles. The molecule has 1 aliphatic rings. The lowest BCUT2D eigenvalue weighted by atomic mass is 10.1. The molecule has 0 atom stereocenters. The van der Waals surface area contributed by atoms with Gasteiger partial charge in [0.2, 0.25) is 0 Å². The second-order valence-corrected chi connectivity index (χ2v) is 8.48. The number of methoxy groups -OCH3 is 1. The van der Waals surface area contributed by atoms with Gasteiger partial charge in [0.05, 0.1) is 17.5 Å². The summed E-state index contributed by atoms with van der Waals surface area (Å²) in [6, 6.07) is 14.5. The van der Waals surface area contributed by atoms with Crippen LogP contribution in [0.15, 0.2) is 53.4 Å². The number of hydrogen-bond donors (Lipinski definition) is 0. The highest BCUT2D eigenvalue weighted by Gasteiger charge is 2.28. The first-order valence-corrected chi connectivity index (χ1v) is 10.2. The van der Waals surface area contributed by atoms with Gasteiger partial charge in [-0.05, 0) is 37.2 Å². The first-order valence-electron chi connectivity index (χ1n) is 8.72. The van der Waals surface area contributed by atoms with Crippen LogP contribution >= 0.6 is 0 Å². The second kappa shape index (κ2) is 6.45. The first kappa shape index (κ1) is 17.1. The van der Waals surface area contributed by atoms with Crippen molar-refractivity contribution < 1.29 is 13.2 Å². The lowest BCUT2D eigenvalue weighted by molar-refractivity contribution is 0.351. The monoisotopic (exact) mass is 370 g/mol. The van der Waals surface area contributed by atoms with Crippen molar-refractivity contribution in [2.75, 3.05) is 27.2 Å². The molecule has 6 heteroatoms. The average Bonchev–Trinajstić information content (AvgIpc) is 2.86. The van der Waals surface area contributed by atoms with Gasteiger partial charge < -0.3 is 9.64 Å². The van der Waals surface area contributed by atoms with Gasteiger partial charge >= 0.3 is 0 Å². The van der Waals surface area contributed by atoms with Crippen LogP contribution < -0.4 is 4.74 Å². The highest BCUT2D eigenvalue weighted by atomic mass is 32.2. The maximum Gasteiger partial charge on any atom is 0.268 e. The Morgan fingerprint density at radius 2 is 1.77 bits per heavy atom. The van der Waals surface area contributed by atoms with E-state index in [0.29, 0.717) is 12.2 Å². The van der Waals surface area contributed by atoms with Crippen molar-refractivity contribution in [3.8, 4) is 5.75 Å². The SMILES string of the molecule is COc1cccc(S(=O)(=O)n2c3c(c4ccccc42)CCN(C)CC3)c1. The Bertz CT molecular complexity index is 1070. The van der Waals surface area contributed by atoms with Crippen molar-refractivity contribution in [3.05, 3.63) is 59.8 Å². The molecule has 0 amide bonds. The van der Waals surface area contributed by atoms with Gasteiger partial charge in [0.1, 0.15) is 5.75 Å². The molecule has 0 radical (unpaired) electrons. The van der Waals surface area contributed by atoms with Crippen LogP contribution in [0.2, 0.25) is 0 Å². The Hall–Kier alpha value is -2.31. The molecular formula is C20H22N2O3S. The topological polar surface area (TPSA) is 51.5 Å². The summed E-state index contributed by atoms with van der Waals surface area (Å²) in [5.41, 5.74) is 2.81. The maximum absolute atomic E-state index is 13.5. The summed E-state index contributed by atoms with van der Waals surface area (Å²) < 4.78 is 33.8. The van der Waals surface area contributed by atoms with Gasteiger partial charge in [-0.15, -0.1) is 0 Å². The molecule has 2 heterocycles. The van der Waals surface area contributed by atoms with E-state index in [4.69, 9.17) is 4.74 Å². The van der Waals surface area contributed by atoms with E-state index >= 15 is 0 Å². The Morgan fingerprint density at radius 3 is 2.58 bits per heavy atom. The Morgan fingerprint density at radius 1 is 1.00 bits per heavy atom. The number of aromatic nitrogens is 1. The van der Waals surface area contributed by atoms with Crippen molar-refractivity contribution in [1.29, 1.82) is 0 Å². The van der Waals surface area contributed by atoms with Crippen molar-refractivity contribution in [2.24, 2.45) is 0 Å². The average molecular weight is 370 g/mol. The largest absolute Gasteiger partial charge is 0.497 e. The van der Waals surface area contributed by atoms with Gasteiger partial charge in [-0.2, -0.15) is 0 Å². The number of fused-ring (bicyclic) bond motifs is 3. The van der Waals surface area contributed by atoms with Crippen LogP contribution in [0.1, 0.15) is 11.3 Å². The molecule has 0 unspecified atom stereocenters. The second-order valence-electron chi connectivity index (χ2n) is 6.69. The lowest BCUT2D eigenvalue weighted by Gasteiger charge is -2.14. The molecule has 0 N–H and O–H groups in total. The fourth-order valence-electron chi connectivity index (χ4n) is 3.71. The van der Waals surface area contributed by atoms with Crippen LogP contribution in [0.25, 0.3) is 10.9 Å². The molecule has 0 aliphatic carbocycles. The molecule has 0 fully saturated rings. The Kier molecular flexibility index (Phi) is 4.25. The molecule has 0 bridgehead atoms. The van der Waals surface area contributed by atoms with Crippen LogP contribution in [-0.4, -0.2) is 44.5 Å². The molecule has 0 saturated heterocycles. The van der Waals surface area contributed by atoms with Gasteiger partial charge in [0.15, 0.2) is 0 Å². The molecule has 4 rings (SSSR count). The zero-order valence-corrected chi connectivity index (χ0v) is 15.8. The minimum atomic E-state index is -3.71. The third kappa shape index (κ3) is 2.70. The molecule has 5 nitrogen and oxygen atoms in total. The number of hydrogen-bond acceptors (Lipinski definition) is 4. The van der Waals surface area contributed by atoms with E-state index in [1.54, 1.807) is 35.3 Å². The number of ether oxygens (including phenoxy) is 1. The normalized spacial score (nSPS) is 15.6. The van der Waals surface area contributed by atoms with Gasteiger partial charge in [0, 0.05) is 36.7 Å². The molecule has 0 saturated carbocycles.